The summed E-state index contributed by atoms with van der Waals surface area (Å²) >= 11 is 7.33. The van der Waals surface area contributed by atoms with Gasteiger partial charge < -0.3 is 4.74 Å². The van der Waals surface area contributed by atoms with Crippen LogP contribution in [-0.4, -0.2) is 20.7 Å². The molecule has 0 bridgehead atoms. The SMILES string of the molecule is Cc1c(C(C)OC(=O)Nc2cccc(Cl)c2)sc2ncnn12. The number of ether oxygens (including phenoxy) is 1. The summed E-state index contributed by atoms with van der Waals surface area (Å²) in [5.41, 5.74) is 1.50. The molecular weight excluding hydrogens is 324 g/mol. The predicted octanol–water partition coefficient (Wildman–Crippen LogP) is 4.06. The molecule has 0 radical (unpaired) electrons. The molecule has 0 aliphatic heterocycles. The number of aromatic nitrogens is 3. The number of nitrogens with zero attached hydrogens (tertiary/aromatic N) is 3. The van der Waals surface area contributed by atoms with Crippen LogP contribution in [0.3, 0.4) is 0 Å². The molecule has 0 aliphatic carbocycles. The average Bonchev–Trinajstić information content (AvgIpc) is 3.02. The zero-order valence-corrected chi connectivity index (χ0v) is 13.5. The molecule has 0 saturated heterocycles. The third-order valence-corrected chi connectivity index (χ3v) is 4.66. The lowest BCUT2D eigenvalue weighted by molar-refractivity contribution is 0.122. The summed E-state index contributed by atoms with van der Waals surface area (Å²) in [5, 5.41) is 7.32. The van der Waals surface area contributed by atoms with Gasteiger partial charge in [-0.3, -0.25) is 5.32 Å². The molecule has 8 heteroatoms. The van der Waals surface area contributed by atoms with Crippen molar-refractivity contribution < 1.29 is 9.53 Å². The molecule has 1 atom stereocenters. The van der Waals surface area contributed by atoms with E-state index >= 15 is 0 Å². The third-order valence-electron chi connectivity index (χ3n) is 3.12. The van der Waals surface area contributed by atoms with Gasteiger partial charge in [0.25, 0.3) is 0 Å². The second kappa shape index (κ2) is 5.94. The maximum Gasteiger partial charge on any atom is 0.412 e. The van der Waals surface area contributed by atoms with E-state index in [1.165, 1.54) is 17.7 Å². The zero-order valence-electron chi connectivity index (χ0n) is 11.9. The van der Waals surface area contributed by atoms with Crippen molar-refractivity contribution in [2.45, 2.75) is 20.0 Å². The maximum absolute atomic E-state index is 12.0. The van der Waals surface area contributed by atoms with Crippen molar-refractivity contribution in [3.63, 3.8) is 0 Å². The monoisotopic (exact) mass is 336 g/mol. The van der Waals surface area contributed by atoms with Crippen LogP contribution in [0.4, 0.5) is 10.5 Å². The number of carbonyl (C=O) groups excluding carboxylic acids is 1. The average molecular weight is 337 g/mol. The molecule has 0 aliphatic rings. The van der Waals surface area contributed by atoms with E-state index in [1.807, 2.05) is 13.8 Å². The van der Waals surface area contributed by atoms with Crippen LogP contribution in [0.25, 0.3) is 4.96 Å². The van der Waals surface area contributed by atoms with Crippen molar-refractivity contribution in [1.29, 1.82) is 0 Å². The zero-order chi connectivity index (χ0) is 15.7. The van der Waals surface area contributed by atoms with Crippen LogP contribution in [-0.2, 0) is 4.74 Å². The molecule has 2 aromatic heterocycles. The fourth-order valence-electron chi connectivity index (χ4n) is 2.11. The second-order valence-electron chi connectivity index (χ2n) is 4.69. The Morgan fingerprint density at radius 2 is 2.32 bits per heavy atom. The highest BCUT2D eigenvalue weighted by Crippen LogP contribution is 2.29. The van der Waals surface area contributed by atoms with Gasteiger partial charge in [-0.1, -0.05) is 29.0 Å². The van der Waals surface area contributed by atoms with Gasteiger partial charge in [-0.2, -0.15) is 5.10 Å². The molecule has 3 aromatic rings. The Labute approximate surface area is 135 Å². The van der Waals surface area contributed by atoms with Crippen molar-refractivity contribution >= 4 is 39.7 Å². The minimum absolute atomic E-state index is 0.396. The number of thiazole rings is 1. The molecule has 6 nitrogen and oxygen atoms in total. The first kappa shape index (κ1) is 14.8. The number of rotatable bonds is 3. The molecule has 2 heterocycles. The number of halogens is 1. The van der Waals surface area contributed by atoms with E-state index < -0.39 is 12.2 Å². The van der Waals surface area contributed by atoms with Gasteiger partial charge >= 0.3 is 6.09 Å². The Bertz CT molecular complexity index is 829. The Hall–Kier alpha value is -2.12. The lowest BCUT2D eigenvalue weighted by Crippen LogP contribution is -2.16. The van der Waals surface area contributed by atoms with Gasteiger partial charge in [-0.15, -0.1) is 0 Å². The second-order valence-corrected chi connectivity index (χ2v) is 6.13. The van der Waals surface area contributed by atoms with Crippen LogP contribution in [0.15, 0.2) is 30.6 Å². The minimum Gasteiger partial charge on any atom is -0.440 e. The smallest absolute Gasteiger partial charge is 0.412 e. The molecule has 1 amide bonds. The van der Waals surface area contributed by atoms with Gasteiger partial charge in [-0.25, -0.2) is 14.3 Å². The van der Waals surface area contributed by atoms with Crippen molar-refractivity contribution in [2.24, 2.45) is 0 Å². The van der Waals surface area contributed by atoms with Gasteiger partial charge in [0.2, 0.25) is 4.96 Å². The predicted molar refractivity (Wildman–Crippen MR) is 85.6 cm³/mol. The highest BCUT2D eigenvalue weighted by Gasteiger charge is 2.19. The standard InChI is InChI=1S/C14H13ClN4O2S/c1-8-12(22-13-16-7-17-19(8)13)9(2)21-14(20)18-11-5-3-4-10(15)6-11/h3-7,9H,1-2H3,(H,18,20). The summed E-state index contributed by atoms with van der Waals surface area (Å²) in [6, 6.07) is 6.89. The van der Waals surface area contributed by atoms with E-state index in [4.69, 9.17) is 16.3 Å². The molecule has 1 unspecified atom stereocenters. The van der Waals surface area contributed by atoms with Gasteiger partial charge in [0.1, 0.15) is 12.4 Å². The number of amides is 1. The Kier molecular flexibility index (Phi) is 4.00. The molecule has 0 saturated carbocycles. The van der Waals surface area contributed by atoms with Gasteiger partial charge in [-0.05, 0) is 32.0 Å². The summed E-state index contributed by atoms with van der Waals surface area (Å²) < 4.78 is 7.14. The largest absolute Gasteiger partial charge is 0.440 e. The highest BCUT2D eigenvalue weighted by atomic mass is 35.5. The van der Waals surface area contributed by atoms with E-state index in [0.717, 1.165) is 15.5 Å². The molecule has 0 fully saturated rings. The number of hydrogen-bond donors (Lipinski definition) is 1. The van der Waals surface area contributed by atoms with Gasteiger partial charge in [0.15, 0.2) is 0 Å². The molecule has 114 valence electrons. The molecule has 0 spiro atoms. The first-order chi connectivity index (χ1) is 10.5. The molecule has 1 N–H and O–H groups in total. The van der Waals surface area contributed by atoms with Crippen LogP contribution >= 0.6 is 22.9 Å². The molecular formula is C14H13ClN4O2S. The summed E-state index contributed by atoms with van der Waals surface area (Å²) in [7, 11) is 0. The number of anilines is 1. The number of aryl methyl sites for hydroxylation is 1. The fraction of sp³-hybridized carbons (Fsp3) is 0.214. The van der Waals surface area contributed by atoms with E-state index in [2.05, 4.69) is 15.4 Å². The number of nitrogens with one attached hydrogen (secondary N) is 1. The van der Waals surface area contributed by atoms with Crippen molar-refractivity contribution in [1.82, 2.24) is 14.6 Å². The number of carbonyl (C=O) groups is 1. The quantitative estimate of drug-likeness (QED) is 0.783. The summed E-state index contributed by atoms with van der Waals surface area (Å²) in [4.78, 5) is 17.8. The number of hydrogen-bond acceptors (Lipinski definition) is 5. The Morgan fingerprint density at radius 1 is 1.50 bits per heavy atom. The van der Waals surface area contributed by atoms with Crippen LogP contribution in [0.5, 0.6) is 0 Å². The Morgan fingerprint density at radius 3 is 3.05 bits per heavy atom. The van der Waals surface area contributed by atoms with Gasteiger partial charge in [0, 0.05) is 10.7 Å². The minimum atomic E-state index is -0.534. The van der Waals surface area contributed by atoms with Crippen molar-refractivity contribution in [3.8, 4) is 0 Å². The first-order valence-corrected chi connectivity index (χ1v) is 7.76. The lowest BCUT2D eigenvalue weighted by atomic mass is 10.3. The summed E-state index contributed by atoms with van der Waals surface area (Å²) in [5.74, 6) is 0. The topological polar surface area (TPSA) is 68.5 Å². The third kappa shape index (κ3) is 2.90. The van der Waals surface area contributed by atoms with Crippen molar-refractivity contribution in [3.05, 3.63) is 46.2 Å². The summed E-state index contributed by atoms with van der Waals surface area (Å²) in [6.07, 6.45) is 0.570. The maximum atomic E-state index is 12.0. The normalized spacial score (nSPS) is 12.3. The van der Waals surface area contributed by atoms with E-state index in [9.17, 15) is 4.79 Å². The van der Waals surface area contributed by atoms with Crippen LogP contribution in [0.2, 0.25) is 5.02 Å². The van der Waals surface area contributed by atoms with E-state index in [-0.39, 0.29) is 0 Å². The number of fused-ring (bicyclic) bond motifs is 1. The first-order valence-electron chi connectivity index (χ1n) is 6.57. The number of benzene rings is 1. The van der Waals surface area contributed by atoms with Gasteiger partial charge in [0.05, 0.1) is 10.6 Å². The lowest BCUT2D eigenvalue weighted by Gasteiger charge is -2.13. The molecule has 3 rings (SSSR count). The summed E-state index contributed by atoms with van der Waals surface area (Å²) in [6.45, 7) is 3.73. The molecule has 1 aromatic carbocycles. The van der Waals surface area contributed by atoms with E-state index in [0.29, 0.717) is 10.7 Å². The van der Waals surface area contributed by atoms with Crippen LogP contribution < -0.4 is 5.32 Å². The highest BCUT2D eigenvalue weighted by molar-refractivity contribution is 7.17. The van der Waals surface area contributed by atoms with Crippen LogP contribution in [0, 0.1) is 6.92 Å². The molecule has 22 heavy (non-hydrogen) atoms. The van der Waals surface area contributed by atoms with Crippen molar-refractivity contribution in [2.75, 3.05) is 5.32 Å². The van der Waals surface area contributed by atoms with E-state index in [1.54, 1.807) is 28.8 Å². The fourth-order valence-corrected chi connectivity index (χ4v) is 3.32. The van der Waals surface area contributed by atoms with Crippen LogP contribution in [0.1, 0.15) is 23.6 Å². The Balaban J connectivity index is 1.70.